The minimum Gasteiger partial charge on any atom is -0.341 e. The van der Waals surface area contributed by atoms with Gasteiger partial charge in [0, 0.05) is 37.4 Å². The van der Waals surface area contributed by atoms with Crippen LogP contribution < -0.4 is 5.73 Å². The summed E-state index contributed by atoms with van der Waals surface area (Å²) in [7, 11) is 0. The van der Waals surface area contributed by atoms with E-state index in [-0.39, 0.29) is 11.9 Å². The second kappa shape index (κ2) is 5.07. The van der Waals surface area contributed by atoms with E-state index < -0.39 is 0 Å². The lowest BCUT2D eigenvalue weighted by atomic mass is 10.2. The first-order chi connectivity index (χ1) is 7.75. The average molecular weight is 219 g/mol. The Kier molecular flexibility index (Phi) is 3.51. The molecule has 2 rings (SSSR count). The highest BCUT2D eigenvalue weighted by molar-refractivity contribution is 5.76. The molecule has 1 aliphatic heterocycles. The molecule has 1 amide bonds. The van der Waals surface area contributed by atoms with Crippen molar-refractivity contribution in [2.24, 2.45) is 5.73 Å². The van der Waals surface area contributed by atoms with Crippen LogP contribution in [0.15, 0.2) is 24.4 Å². The number of hydrogen-bond donors (Lipinski definition) is 1. The zero-order valence-electron chi connectivity index (χ0n) is 9.30. The maximum Gasteiger partial charge on any atom is 0.223 e. The molecule has 0 radical (unpaired) electrons. The van der Waals surface area contributed by atoms with Crippen molar-refractivity contribution in [3.63, 3.8) is 0 Å². The van der Waals surface area contributed by atoms with Gasteiger partial charge in [-0.05, 0) is 25.0 Å². The van der Waals surface area contributed by atoms with E-state index in [9.17, 15) is 4.79 Å². The fraction of sp³-hybridized carbons (Fsp3) is 0.500. The van der Waals surface area contributed by atoms with Crippen LogP contribution in [0, 0.1) is 0 Å². The zero-order valence-corrected chi connectivity index (χ0v) is 9.30. The topological polar surface area (TPSA) is 59.2 Å². The summed E-state index contributed by atoms with van der Waals surface area (Å²) in [5, 5.41) is 0. The van der Waals surface area contributed by atoms with Gasteiger partial charge in [0.1, 0.15) is 0 Å². The number of likely N-dealkylation sites (tertiary alicyclic amines) is 1. The summed E-state index contributed by atoms with van der Waals surface area (Å²) in [4.78, 5) is 17.9. The van der Waals surface area contributed by atoms with Gasteiger partial charge in [-0.1, -0.05) is 6.07 Å². The van der Waals surface area contributed by atoms with Gasteiger partial charge in [-0.15, -0.1) is 0 Å². The second-order valence-corrected chi connectivity index (χ2v) is 4.21. The number of nitrogens with two attached hydrogens (primary N) is 1. The minimum absolute atomic E-state index is 0.166. The summed E-state index contributed by atoms with van der Waals surface area (Å²) < 4.78 is 0. The first-order valence-electron chi connectivity index (χ1n) is 5.69. The number of aromatic nitrogens is 1. The van der Waals surface area contributed by atoms with Crippen LogP contribution in [0.25, 0.3) is 0 Å². The van der Waals surface area contributed by atoms with E-state index in [0.717, 1.165) is 18.7 Å². The fourth-order valence-electron chi connectivity index (χ4n) is 1.95. The Morgan fingerprint density at radius 1 is 1.56 bits per heavy atom. The maximum absolute atomic E-state index is 11.8. The van der Waals surface area contributed by atoms with Crippen LogP contribution in [0.4, 0.5) is 0 Å². The van der Waals surface area contributed by atoms with Crippen LogP contribution in [0.3, 0.4) is 0 Å². The number of carbonyl (C=O) groups excluding carboxylic acids is 1. The van der Waals surface area contributed by atoms with Gasteiger partial charge in [-0.3, -0.25) is 9.78 Å². The van der Waals surface area contributed by atoms with Gasteiger partial charge >= 0.3 is 0 Å². The van der Waals surface area contributed by atoms with E-state index in [2.05, 4.69) is 4.98 Å². The lowest BCUT2D eigenvalue weighted by Crippen LogP contribution is -2.32. The SMILES string of the molecule is N[C@H]1CCN(C(=O)CCc2ccccn2)C1. The molecule has 1 aromatic rings. The number of pyridine rings is 1. The third-order valence-corrected chi connectivity index (χ3v) is 2.90. The summed E-state index contributed by atoms with van der Waals surface area (Å²) in [6.45, 7) is 1.52. The Balaban J connectivity index is 1.80. The number of aryl methyl sites for hydroxylation is 1. The van der Waals surface area contributed by atoms with Gasteiger partial charge < -0.3 is 10.6 Å². The summed E-state index contributed by atoms with van der Waals surface area (Å²) in [5.41, 5.74) is 6.74. The minimum atomic E-state index is 0.166. The van der Waals surface area contributed by atoms with Gasteiger partial charge in [-0.2, -0.15) is 0 Å². The molecular weight excluding hydrogens is 202 g/mol. The molecule has 1 saturated heterocycles. The number of nitrogens with zero attached hydrogens (tertiary/aromatic N) is 2. The molecule has 0 saturated carbocycles. The predicted octanol–water partition coefficient (Wildman–Crippen LogP) is 0.574. The molecule has 2 heterocycles. The van der Waals surface area contributed by atoms with Crippen molar-refractivity contribution >= 4 is 5.91 Å². The van der Waals surface area contributed by atoms with Crippen molar-refractivity contribution in [1.82, 2.24) is 9.88 Å². The number of rotatable bonds is 3. The Labute approximate surface area is 95.5 Å². The standard InChI is InChI=1S/C12H17N3O/c13-10-6-8-15(9-10)12(16)5-4-11-3-1-2-7-14-11/h1-3,7,10H,4-6,8-9,13H2/t10-/m0/s1. The zero-order chi connectivity index (χ0) is 11.4. The van der Waals surface area contributed by atoms with Gasteiger partial charge in [-0.25, -0.2) is 0 Å². The summed E-state index contributed by atoms with van der Waals surface area (Å²) >= 11 is 0. The summed E-state index contributed by atoms with van der Waals surface area (Å²) in [6, 6.07) is 5.94. The molecule has 0 spiro atoms. The summed E-state index contributed by atoms with van der Waals surface area (Å²) in [5.74, 6) is 0.193. The molecule has 0 bridgehead atoms. The van der Waals surface area contributed by atoms with E-state index in [1.807, 2.05) is 23.1 Å². The van der Waals surface area contributed by atoms with Crippen molar-refractivity contribution in [3.05, 3.63) is 30.1 Å². The van der Waals surface area contributed by atoms with E-state index in [0.29, 0.717) is 19.4 Å². The van der Waals surface area contributed by atoms with Crippen LogP contribution in [-0.4, -0.2) is 34.9 Å². The third kappa shape index (κ3) is 2.79. The van der Waals surface area contributed by atoms with Gasteiger partial charge in [0.15, 0.2) is 0 Å². The molecular formula is C12H17N3O. The molecule has 16 heavy (non-hydrogen) atoms. The first kappa shape index (κ1) is 11.1. The first-order valence-corrected chi connectivity index (χ1v) is 5.69. The summed E-state index contributed by atoms with van der Waals surface area (Å²) in [6.07, 6.45) is 3.93. The predicted molar refractivity (Wildman–Crippen MR) is 61.7 cm³/mol. The molecule has 0 aromatic carbocycles. The van der Waals surface area contributed by atoms with Gasteiger partial charge in [0.2, 0.25) is 5.91 Å². The normalized spacial score (nSPS) is 20.1. The van der Waals surface area contributed by atoms with Crippen LogP contribution in [0.5, 0.6) is 0 Å². The van der Waals surface area contributed by atoms with Crippen molar-refractivity contribution in [2.75, 3.05) is 13.1 Å². The highest BCUT2D eigenvalue weighted by Gasteiger charge is 2.22. The average Bonchev–Trinajstić information content (AvgIpc) is 2.74. The van der Waals surface area contributed by atoms with Crippen molar-refractivity contribution < 1.29 is 4.79 Å². The Bertz CT molecular complexity index is 353. The number of carbonyl (C=O) groups is 1. The van der Waals surface area contributed by atoms with Crippen LogP contribution in [0.2, 0.25) is 0 Å². The largest absolute Gasteiger partial charge is 0.341 e. The fourth-order valence-corrected chi connectivity index (χ4v) is 1.95. The van der Waals surface area contributed by atoms with Crippen molar-refractivity contribution in [2.45, 2.75) is 25.3 Å². The van der Waals surface area contributed by atoms with E-state index in [4.69, 9.17) is 5.73 Å². The maximum atomic E-state index is 11.8. The Morgan fingerprint density at radius 3 is 3.06 bits per heavy atom. The Hall–Kier alpha value is -1.42. The quantitative estimate of drug-likeness (QED) is 0.808. The van der Waals surface area contributed by atoms with E-state index in [1.165, 1.54) is 0 Å². The number of amides is 1. The van der Waals surface area contributed by atoms with Gasteiger partial charge in [0.05, 0.1) is 0 Å². The molecule has 86 valence electrons. The van der Waals surface area contributed by atoms with E-state index in [1.54, 1.807) is 6.20 Å². The van der Waals surface area contributed by atoms with Crippen LogP contribution in [0.1, 0.15) is 18.5 Å². The molecule has 2 N–H and O–H groups in total. The number of hydrogen-bond acceptors (Lipinski definition) is 3. The lowest BCUT2D eigenvalue weighted by Gasteiger charge is -2.15. The highest BCUT2D eigenvalue weighted by atomic mass is 16.2. The molecule has 1 atom stereocenters. The van der Waals surface area contributed by atoms with Gasteiger partial charge in [0.25, 0.3) is 0 Å². The molecule has 0 aliphatic carbocycles. The van der Waals surface area contributed by atoms with Crippen molar-refractivity contribution in [3.8, 4) is 0 Å². The molecule has 1 aliphatic rings. The third-order valence-electron chi connectivity index (χ3n) is 2.90. The molecule has 1 fully saturated rings. The second-order valence-electron chi connectivity index (χ2n) is 4.21. The van der Waals surface area contributed by atoms with Crippen LogP contribution >= 0.6 is 0 Å². The highest BCUT2D eigenvalue weighted by Crippen LogP contribution is 2.09. The van der Waals surface area contributed by atoms with Crippen LogP contribution in [-0.2, 0) is 11.2 Å². The lowest BCUT2D eigenvalue weighted by molar-refractivity contribution is -0.130. The molecule has 4 nitrogen and oxygen atoms in total. The smallest absolute Gasteiger partial charge is 0.223 e. The molecule has 1 aromatic heterocycles. The molecule has 4 heteroatoms. The van der Waals surface area contributed by atoms with Crippen molar-refractivity contribution in [1.29, 1.82) is 0 Å². The monoisotopic (exact) mass is 219 g/mol. The Morgan fingerprint density at radius 2 is 2.44 bits per heavy atom. The van der Waals surface area contributed by atoms with E-state index >= 15 is 0 Å². The molecule has 0 unspecified atom stereocenters.